The van der Waals surface area contributed by atoms with Crippen LogP contribution in [0.25, 0.3) is 0 Å². The van der Waals surface area contributed by atoms with Crippen LogP contribution >= 0.6 is 0 Å². The van der Waals surface area contributed by atoms with E-state index in [0.29, 0.717) is 6.61 Å². The van der Waals surface area contributed by atoms with Gasteiger partial charge in [-0.3, -0.25) is 0 Å². The molecule has 0 N–H and O–H groups in total. The lowest BCUT2D eigenvalue weighted by Gasteiger charge is -2.20. The molecule has 14 heavy (non-hydrogen) atoms. The third-order valence-electron chi connectivity index (χ3n) is 2.37. The molecule has 1 fully saturated rings. The average molecular weight is 206 g/mol. The van der Waals surface area contributed by atoms with E-state index < -0.39 is 0 Å². The molecule has 0 spiro atoms. The van der Waals surface area contributed by atoms with E-state index in [1.54, 1.807) is 28.4 Å². The lowest BCUT2D eigenvalue weighted by molar-refractivity contribution is -0.160. The number of hydrogen-bond donors (Lipinski definition) is 0. The molecule has 0 aliphatic carbocycles. The maximum Gasteiger partial charge on any atom is 0.186 e. The van der Waals surface area contributed by atoms with E-state index in [1.165, 1.54) is 0 Å². The minimum absolute atomic E-state index is 0.139. The Balaban J connectivity index is 2.62. The van der Waals surface area contributed by atoms with Gasteiger partial charge in [0.25, 0.3) is 0 Å². The quantitative estimate of drug-likeness (QED) is 0.635. The molecule has 0 amide bonds. The normalized spacial score (nSPS) is 37.7. The zero-order valence-electron chi connectivity index (χ0n) is 9.06. The van der Waals surface area contributed by atoms with Gasteiger partial charge in [-0.05, 0) is 0 Å². The number of methoxy groups -OCH3 is 4. The molecule has 4 atom stereocenters. The van der Waals surface area contributed by atoms with Crippen LogP contribution in [0.4, 0.5) is 0 Å². The second kappa shape index (κ2) is 5.63. The standard InChI is InChI=1S/C9H18O5/c1-10-5-6-7(11-2)8(12-3)9(13-4)14-6/h6-9H,5H2,1-4H3/t6-,7-,8-,9+/m1/s1. The van der Waals surface area contributed by atoms with Crippen molar-refractivity contribution in [2.45, 2.75) is 24.6 Å². The Bertz CT molecular complexity index is 163. The monoisotopic (exact) mass is 206 g/mol. The molecule has 1 aliphatic heterocycles. The van der Waals surface area contributed by atoms with Gasteiger partial charge in [0.15, 0.2) is 6.29 Å². The molecule has 0 saturated carbocycles. The molecule has 0 aromatic rings. The number of rotatable bonds is 5. The van der Waals surface area contributed by atoms with Crippen molar-refractivity contribution in [3.8, 4) is 0 Å². The highest BCUT2D eigenvalue weighted by Gasteiger charge is 2.45. The van der Waals surface area contributed by atoms with E-state index in [2.05, 4.69) is 0 Å². The first-order chi connectivity index (χ1) is 6.78. The van der Waals surface area contributed by atoms with Crippen LogP contribution in [-0.4, -0.2) is 59.6 Å². The SMILES string of the molecule is COC[C@H]1O[C@H](OC)[C@H](OC)[C@@H]1OC. The van der Waals surface area contributed by atoms with E-state index in [0.717, 1.165) is 0 Å². The zero-order valence-corrected chi connectivity index (χ0v) is 9.06. The predicted octanol–water partition coefficient (Wildman–Crippen LogP) is 0.0341. The molecular weight excluding hydrogens is 188 g/mol. The molecule has 0 aromatic heterocycles. The maximum atomic E-state index is 5.56. The van der Waals surface area contributed by atoms with Crippen molar-refractivity contribution >= 4 is 0 Å². The third-order valence-corrected chi connectivity index (χ3v) is 2.37. The maximum absolute atomic E-state index is 5.56. The molecule has 0 unspecified atom stereocenters. The van der Waals surface area contributed by atoms with Crippen LogP contribution < -0.4 is 0 Å². The summed E-state index contributed by atoms with van der Waals surface area (Å²) < 4.78 is 26.3. The molecule has 5 nitrogen and oxygen atoms in total. The Morgan fingerprint density at radius 2 is 1.57 bits per heavy atom. The summed E-state index contributed by atoms with van der Waals surface area (Å²) in [7, 11) is 6.44. The van der Waals surface area contributed by atoms with Crippen molar-refractivity contribution in [1.82, 2.24) is 0 Å². The summed E-state index contributed by atoms with van der Waals surface area (Å²) in [5.41, 5.74) is 0. The van der Waals surface area contributed by atoms with Crippen LogP contribution in [-0.2, 0) is 23.7 Å². The highest BCUT2D eigenvalue weighted by molar-refractivity contribution is 4.88. The fourth-order valence-corrected chi connectivity index (χ4v) is 1.71. The molecule has 1 saturated heterocycles. The second-order valence-corrected chi connectivity index (χ2v) is 3.13. The molecule has 0 bridgehead atoms. The molecule has 5 heteroatoms. The van der Waals surface area contributed by atoms with Gasteiger partial charge in [0.05, 0.1) is 6.61 Å². The van der Waals surface area contributed by atoms with E-state index >= 15 is 0 Å². The Labute approximate surface area is 84.2 Å². The molecular formula is C9H18O5. The minimum Gasteiger partial charge on any atom is -0.382 e. The Kier molecular flexibility index (Phi) is 4.77. The molecule has 0 aromatic carbocycles. The van der Waals surface area contributed by atoms with Gasteiger partial charge in [0, 0.05) is 28.4 Å². The zero-order chi connectivity index (χ0) is 10.6. The van der Waals surface area contributed by atoms with E-state index in [-0.39, 0.29) is 24.6 Å². The van der Waals surface area contributed by atoms with E-state index in [1.807, 2.05) is 0 Å². The van der Waals surface area contributed by atoms with E-state index in [9.17, 15) is 0 Å². The lowest BCUT2D eigenvalue weighted by Crippen LogP contribution is -2.37. The summed E-state index contributed by atoms with van der Waals surface area (Å²) in [6.45, 7) is 0.470. The lowest BCUT2D eigenvalue weighted by atomic mass is 10.1. The summed E-state index contributed by atoms with van der Waals surface area (Å²) in [6, 6.07) is 0. The van der Waals surface area contributed by atoms with Crippen LogP contribution in [0.5, 0.6) is 0 Å². The van der Waals surface area contributed by atoms with Gasteiger partial charge in [0.2, 0.25) is 0 Å². The van der Waals surface area contributed by atoms with Crippen molar-refractivity contribution in [2.75, 3.05) is 35.0 Å². The third kappa shape index (κ3) is 2.24. The van der Waals surface area contributed by atoms with Crippen molar-refractivity contribution in [2.24, 2.45) is 0 Å². The van der Waals surface area contributed by atoms with Crippen molar-refractivity contribution < 1.29 is 23.7 Å². The Morgan fingerprint density at radius 3 is 2.00 bits per heavy atom. The van der Waals surface area contributed by atoms with Gasteiger partial charge >= 0.3 is 0 Å². The van der Waals surface area contributed by atoms with E-state index in [4.69, 9.17) is 23.7 Å². The summed E-state index contributed by atoms with van der Waals surface area (Å²) in [5, 5.41) is 0. The van der Waals surface area contributed by atoms with Crippen LogP contribution in [0.2, 0.25) is 0 Å². The highest BCUT2D eigenvalue weighted by atomic mass is 16.7. The van der Waals surface area contributed by atoms with Crippen molar-refractivity contribution in [3.05, 3.63) is 0 Å². The Hall–Kier alpha value is -0.200. The first-order valence-corrected chi connectivity index (χ1v) is 4.51. The fraction of sp³-hybridized carbons (Fsp3) is 1.00. The summed E-state index contributed by atoms with van der Waals surface area (Å²) in [6.07, 6.45) is -0.875. The predicted molar refractivity (Wildman–Crippen MR) is 49.1 cm³/mol. The summed E-state index contributed by atoms with van der Waals surface area (Å²) in [4.78, 5) is 0. The molecule has 1 rings (SSSR count). The van der Waals surface area contributed by atoms with Crippen LogP contribution in [0.3, 0.4) is 0 Å². The first kappa shape index (κ1) is 11.9. The highest BCUT2D eigenvalue weighted by Crippen LogP contribution is 2.26. The van der Waals surface area contributed by atoms with Crippen LogP contribution in [0, 0.1) is 0 Å². The fourth-order valence-electron chi connectivity index (χ4n) is 1.71. The molecule has 1 heterocycles. The molecule has 84 valence electrons. The molecule has 1 aliphatic rings. The number of hydrogen-bond acceptors (Lipinski definition) is 5. The topological polar surface area (TPSA) is 46.2 Å². The van der Waals surface area contributed by atoms with Crippen molar-refractivity contribution in [1.29, 1.82) is 0 Å². The molecule has 0 radical (unpaired) electrons. The minimum atomic E-state index is -0.384. The average Bonchev–Trinajstić information content (AvgIpc) is 2.55. The smallest absolute Gasteiger partial charge is 0.186 e. The van der Waals surface area contributed by atoms with Crippen LogP contribution in [0.1, 0.15) is 0 Å². The van der Waals surface area contributed by atoms with Crippen LogP contribution in [0.15, 0.2) is 0 Å². The van der Waals surface area contributed by atoms with Gasteiger partial charge in [-0.25, -0.2) is 0 Å². The second-order valence-electron chi connectivity index (χ2n) is 3.13. The first-order valence-electron chi connectivity index (χ1n) is 4.51. The van der Waals surface area contributed by atoms with Gasteiger partial charge in [-0.15, -0.1) is 0 Å². The van der Waals surface area contributed by atoms with Gasteiger partial charge in [-0.2, -0.15) is 0 Å². The Morgan fingerprint density at radius 1 is 0.929 bits per heavy atom. The number of ether oxygens (including phenoxy) is 5. The van der Waals surface area contributed by atoms with Gasteiger partial charge in [-0.1, -0.05) is 0 Å². The summed E-state index contributed by atoms with van der Waals surface area (Å²) in [5.74, 6) is 0. The largest absolute Gasteiger partial charge is 0.382 e. The van der Waals surface area contributed by atoms with Gasteiger partial charge in [0.1, 0.15) is 18.3 Å². The van der Waals surface area contributed by atoms with Crippen molar-refractivity contribution in [3.63, 3.8) is 0 Å². The van der Waals surface area contributed by atoms with Gasteiger partial charge < -0.3 is 23.7 Å². The summed E-state index contributed by atoms with van der Waals surface area (Å²) >= 11 is 0.